The molecule has 0 aliphatic rings. The average Bonchev–Trinajstić information content (AvgIpc) is 3.22. The summed E-state index contributed by atoms with van der Waals surface area (Å²) in [5.74, 6) is 1.25. The first-order chi connectivity index (χ1) is 16.6. The average molecular weight is 522 g/mol. The monoisotopic (exact) mass is 522 g/mol. The molecule has 0 spiro atoms. The highest BCUT2D eigenvalue weighted by Crippen LogP contribution is 2.41. The van der Waals surface area contributed by atoms with Crippen LogP contribution in [0.3, 0.4) is 0 Å². The van der Waals surface area contributed by atoms with Gasteiger partial charge in [-0.15, -0.1) is 11.3 Å². The van der Waals surface area contributed by atoms with Crippen molar-refractivity contribution < 1.29 is 32.3 Å². The number of ether oxygens (including phenoxy) is 2. The third-order valence-corrected chi connectivity index (χ3v) is 7.24. The first-order valence-corrected chi connectivity index (χ1v) is 13.2. The lowest BCUT2D eigenvalue weighted by atomic mass is 10.0. The molecular formula is C24H22F3N2O4PS. The number of nitrogens with one attached hydrogen (secondary N) is 1. The summed E-state index contributed by atoms with van der Waals surface area (Å²) in [6.45, 7) is 0.588. The van der Waals surface area contributed by atoms with Gasteiger partial charge in [0.25, 0.3) is 7.44 Å². The first-order valence-electron chi connectivity index (χ1n) is 10.5. The molecule has 35 heavy (non-hydrogen) atoms. The van der Waals surface area contributed by atoms with Crippen LogP contribution in [0.4, 0.5) is 18.2 Å². The minimum Gasteiger partial charge on any atom is -0.490 e. The fraction of sp³-hybridized carbons (Fsp3) is 0.167. The number of benzene rings is 3. The molecule has 0 saturated heterocycles. The molecule has 0 aliphatic heterocycles. The Morgan fingerprint density at radius 1 is 0.886 bits per heavy atom. The van der Waals surface area contributed by atoms with Crippen LogP contribution < -0.4 is 20.1 Å². The third-order valence-electron chi connectivity index (χ3n) is 5.02. The van der Waals surface area contributed by atoms with Gasteiger partial charge in [0.1, 0.15) is 31.1 Å². The van der Waals surface area contributed by atoms with E-state index in [2.05, 4.69) is 5.09 Å². The van der Waals surface area contributed by atoms with E-state index in [0.717, 1.165) is 27.8 Å². The number of alkyl halides is 3. The lowest BCUT2D eigenvalue weighted by Crippen LogP contribution is -2.08. The lowest BCUT2D eigenvalue weighted by Gasteiger charge is -2.10. The van der Waals surface area contributed by atoms with Crippen LogP contribution in [0.2, 0.25) is 0 Å². The molecule has 11 heteroatoms. The molecule has 4 N–H and O–H groups in total. The molecule has 4 aromatic rings. The predicted molar refractivity (Wildman–Crippen MR) is 132 cm³/mol. The normalized spacial score (nSPS) is 13.4. The van der Waals surface area contributed by atoms with Crippen molar-refractivity contribution in [1.82, 2.24) is 0 Å². The second kappa shape index (κ2) is 10.3. The summed E-state index contributed by atoms with van der Waals surface area (Å²) in [6.07, 6.45) is -4.99. The Kier molecular flexibility index (Phi) is 7.37. The van der Waals surface area contributed by atoms with E-state index in [1.54, 1.807) is 30.3 Å². The van der Waals surface area contributed by atoms with Gasteiger partial charge >= 0.3 is 6.18 Å². The molecule has 1 heterocycles. The van der Waals surface area contributed by atoms with Crippen LogP contribution in [0.15, 0.2) is 72.8 Å². The molecule has 1 aromatic heterocycles. The first kappa shape index (κ1) is 25.1. The Hall–Kier alpha value is -3.04. The molecule has 0 fully saturated rings. The van der Waals surface area contributed by atoms with Crippen LogP contribution in [-0.4, -0.2) is 24.7 Å². The maximum Gasteiger partial charge on any atom is 0.416 e. The molecule has 0 saturated carbocycles. The number of anilines is 1. The van der Waals surface area contributed by atoms with Crippen molar-refractivity contribution in [3.8, 4) is 22.6 Å². The van der Waals surface area contributed by atoms with E-state index in [1.807, 2.05) is 18.2 Å². The number of fused-ring (bicyclic) bond motifs is 1. The number of halogens is 3. The highest BCUT2D eigenvalue weighted by molar-refractivity contribution is 7.63. The molecule has 4 rings (SSSR count). The van der Waals surface area contributed by atoms with Gasteiger partial charge in [0.05, 0.1) is 10.6 Å². The molecule has 0 amide bonds. The standard InChI is InChI=1S/C24H22F3N2O4PS/c25-24(26,27)19-5-1-16(2-6-19)17-3-7-20(8-4-17)32-11-12-33-21-9-10-22-18(13-21)14-23(35-22)29-34(28,31)15-30/h1-10,13-14,30H,11-12,15H2,(H3,28,29,31). The molecule has 0 bridgehead atoms. The Labute approximate surface area is 203 Å². The molecule has 1 unspecified atom stereocenters. The quantitative estimate of drug-likeness (QED) is 0.170. The Bertz CT molecular complexity index is 1340. The zero-order chi connectivity index (χ0) is 25.1. The van der Waals surface area contributed by atoms with Crippen molar-refractivity contribution in [2.24, 2.45) is 5.50 Å². The molecule has 0 aliphatic carbocycles. The van der Waals surface area contributed by atoms with Gasteiger partial charge in [-0.25, -0.2) is 0 Å². The van der Waals surface area contributed by atoms with Gasteiger partial charge in [-0.2, -0.15) is 13.2 Å². The summed E-state index contributed by atoms with van der Waals surface area (Å²) in [5, 5.41) is 13.2. The largest absolute Gasteiger partial charge is 0.490 e. The Balaban J connectivity index is 1.29. The van der Waals surface area contributed by atoms with E-state index in [1.165, 1.54) is 23.5 Å². The number of nitrogens with two attached hydrogens (primary N) is 1. The minimum atomic E-state index is -4.36. The zero-order valence-electron chi connectivity index (χ0n) is 18.3. The van der Waals surface area contributed by atoms with Crippen molar-refractivity contribution in [2.45, 2.75) is 6.18 Å². The maximum absolute atomic E-state index is 12.7. The number of rotatable bonds is 9. The summed E-state index contributed by atoms with van der Waals surface area (Å²) in [5.41, 5.74) is 6.29. The van der Waals surface area contributed by atoms with Crippen LogP contribution in [0.1, 0.15) is 5.56 Å². The maximum atomic E-state index is 12.7. The minimum absolute atomic E-state index is 0.293. The number of aliphatic hydroxyl groups excluding tert-OH is 1. The van der Waals surface area contributed by atoms with Gasteiger partial charge in [-0.05, 0) is 65.0 Å². The molecule has 1 atom stereocenters. The summed E-state index contributed by atoms with van der Waals surface area (Å²) in [4.78, 5) is 0. The highest BCUT2D eigenvalue weighted by atomic mass is 32.1. The van der Waals surface area contributed by atoms with Crippen molar-refractivity contribution in [2.75, 3.05) is 24.6 Å². The van der Waals surface area contributed by atoms with E-state index in [9.17, 15) is 17.7 Å². The summed E-state index contributed by atoms with van der Waals surface area (Å²) < 4.78 is 62.4. The van der Waals surface area contributed by atoms with Gasteiger partial charge in [0, 0.05) is 4.70 Å². The van der Waals surface area contributed by atoms with Gasteiger partial charge < -0.3 is 19.7 Å². The number of thiophene rings is 1. The SMILES string of the molecule is NP(=O)(CO)Nc1cc2cc(OCCOc3ccc(-c4ccc(C(F)(F)F)cc4)cc3)ccc2s1. The second-order valence-corrected chi connectivity index (χ2v) is 10.8. The van der Waals surface area contributed by atoms with E-state index in [-0.39, 0.29) is 0 Å². The fourth-order valence-electron chi connectivity index (χ4n) is 3.30. The van der Waals surface area contributed by atoms with Crippen LogP contribution in [0.25, 0.3) is 21.2 Å². The summed E-state index contributed by atoms with van der Waals surface area (Å²) in [7, 11) is -3.32. The zero-order valence-corrected chi connectivity index (χ0v) is 20.0. The molecule has 0 radical (unpaired) electrons. The third kappa shape index (κ3) is 6.55. The van der Waals surface area contributed by atoms with Crippen molar-refractivity contribution in [3.63, 3.8) is 0 Å². The van der Waals surface area contributed by atoms with Gasteiger partial charge in [-0.3, -0.25) is 10.1 Å². The highest BCUT2D eigenvalue weighted by Gasteiger charge is 2.29. The molecule has 6 nitrogen and oxygen atoms in total. The van der Waals surface area contributed by atoms with Gasteiger partial charge in [0.2, 0.25) is 0 Å². The van der Waals surface area contributed by atoms with E-state index in [4.69, 9.17) is 20.1 Å². The van der Waals surface area contributed by atoms with Crippen LogP contribution in [0, 0.1) is 0 Å². The number of hydrogen-bond acceptors (Lipinski definition) is 5. The van der Waals surface area contributed by atoms with E-state index < -0.39 is 25.5 Å². The Morgan fingerprint density at radius 3 is 2.06 bits per heavy atom. The Morgan fingerprint density at radius 2 is 1.46 bits per heavy atom. The van der Waals surface area contributed by atoms with Crippen molar-refractivity contribution in [3.05, 3.63) is 78.4 Å². The van der Waals surface area contributed by atoms with Crippen molar-refractivity contribution >= 4 is 33.9 Å². The number of aliphatic hydroxyl groups is 1. The predicted octanol–water partition coefficient (Wildman–Crippen LogP) is 6.56. The van der Waals surface area contributed by atoms with Crippen LogP contribution in [-0.2, 0) is 10.7 Å². The summed E-state index contributed by atoms with van der Waals surface area (Å²) >= 11 is 1.37. The van der Waals surface area contributed by atoms with Crippen molar-refractivity contribution in [1.29, 1.82) is 0 Å². The van der Waals surface area contributed by atoms with Gasteiger partial charge in [-0.1, -0.05) is 24.3 Å². The summed E-state index contributed by atoms with van der Waals surface area (Å²) in [6, 6.07) is 19.4. The molecule has 3 aromatic carbocycles. The second-order valence-electron chi connectivity index (χ2n) is 7.66. The van der Waals surface area contributed by atoms with Crippen LogP contribution in [0.5, 0.6) is 11.5 Å². The fourth-order valence-corrected chi connectivity index (χ4v) is 5.25. The van der Waals surface area contributed by atoms with Gasteiger partial charge in [0.15, 0.2) is 0 Å². The molecular weight excluding hydrogens is 500 g/mol. The topological polar surface area (TPSA) is 93.8 Å². The van der Waals surface area contributed by atoms with Crippen LogP contribution >= 0.6 is 18.8 Å². The van der Waals surface area contributed by atoms with E-state index in [0.29, 0.717) is 35.3 Å². The molecule has 184 valence electrons. The lowest BCUT2D eigenvalue weighted by molar-refractivity contribution is -0.137. The van der Waals surface area contributed by atoms with E-state index >= 15 is 0 Å². The number of hydrogen-bond donors (Lipinski definition) is 3. The smallest absolute Gasteiger partial charge is 0.416 e.